The quantitative estimate of drug-likeness (QED) is 0.731. The van der Waals surface area contributed by atoms with Gasteiger partial charge in [-0.25, -0.2) is 9.07 Å². The van der Waals surface area contributed by atoms with Gasteiger partial charge in [0.1, 0.15) is 5.82 Å². The number of fused-ring (bicyclic) bond motifs is 1. The van der Waals surface area contributed by atoms with Crippen molar-refractivity contribution in [2.75, 3.05) is 0 Å². The minimum absolute atomic E-state index is 0.0370. The molecule has 1 unspecified atom stereocenters. The van der Waals surface area contributed by atoms with Gasteiger partial charge in [-0.2, -0.15) is 5.10 Å². The zero-order valence-corrected chi connectivity index (χ0v) is 14.5. The Bertz CT molecular complexity index is 870. The predicted molar refractivity (Wildman–Crippen MR) is 96.9 cm³/mol. The summed E-state index contributed by atoms with van der Waals surface area (Å²) in [6.45, 7) is 4.54. The van der Waals surface area contributed by atoms with Gasteiger partial charge in [0.25, 0.3) is 0 Å². The summed E-state index contributed by atoms with van der Waals surface area (Å²) in [5.74, 6) is -0.144. The van der Waals surface area contributed by atoms with Crippen LogP contribution in [-0.2, 0) is 11.3 Å². The first-order valence-electron chi connectivity index (χ1n) is 8.59. The van der Waals surface area contributed by atoms with Crippen molar-refractivity contribution in [2.45, 2.75) is 33.2 Å². The van der Waals surface area contributed by atoms with Crippen molar-refractivity contribution in [1.29, 1.82) is 0 Å². The summed E-state index contributed by atoms with van der Waals surface area (Å²) in [5.41, 5.74) is 2.79. The van der Waals surface area contributed by atoms with Crippen LogP contribution in [-0.4, -0.2) is 15.7 Å². The van der Waals surface area contributed by atoms with Gasteiger partial charge in [-0.05, 0) is 48.4 Å². The third-order valence-electron chi connectivity index (χ3n) is 4.34. The number of nitrogens with one attached hydrogen (secondary N) is 1. The third kappa shape index (κ3) is 3.87. The second-order valence-electron chi connectivity index (χ2n) is 6.33. The Morgan fingerprint density at radius 1 is 1.24 bits per heavy atom. The molecule has 1 amide bonds. The molecule has 0 aliphatic rings. The SMILES string of the molecule is CCCC(C)C(=O)NCc1ccc2c(cnn2-c2ccc(F)cc2)c1. The third-order valence-corrected chi connectivity index (χ3v) is 4.34. The Morgan fingerprint density at radius 2 is 2.00 bits per heavy atom. The molecule has 130 valence electrons. The first-order chi connectivity index (χ1) is 12.1. The molecule has 3 rings (SSSR count). The van der Waals surface area contributed by atoms with Gasteiger partial charge >= 0.3 is 0 Å². The second kappa shape index (κ2) is 7.47. The molecule has 0 aliphatic heterocycles. The molecule has 5 heteroatoms. The Kier molecular flexibility index (Phi) is 5.12. The summed E-state index contributed by atoms with van der Waals surface area (Å²) in [5, 5.41) is 8.36. The van der Waals surface area contributed by atoms with Crippen LogP contribution < -0.4 is 5.32 Å². The summed E-state index contributed by atoms with van der Waals surface area (Å²) in [7, 11) is 0. The average Bonchev–Trinajstić information content (AvgIpc) is 3.03. The standard InChI is InChI=1S/C20H22FN3O/c1-3-4-14(2)20(25)22-12-15-5-10-19-16(11-15)13-23-24(19)18-8-6-17(21)7-9-18/h5-11,13-14H,3-4,12H2,1-2H3,(H,22,25). The van der Waals surface area contributed by atoms with E-state index in [4.69, 9.17) is 0 Å². The lowest BCUT2D eigenvalue weighted by atomic mass is 10.1. The van der Waals surface area contributed by atoms with E-state index in [1.165, 1.54) is 12.1 Å². The van der Waals surface area contributed by atoms with Crippen molar-refractivity contribution in [3.8, 4) is 5.69 Å². The van der Waals surface area contributed by atoms with E-state index in [1.807, 2.05) is 25.1 Å². The number of halogens is 1. The van der Waals surface area contributed by atoms with Gasteiger partial charge in [0.2, 0.25) is 5.91 Å². The van der Waals surface area contributed by atoms with Crippen LogP contribution in [0.25, 0.3) is 16.6 Å². The van der Waals surface area contributed by atoms with E-state index in [0.717, 1.165) is 35.0 Å². The molecule has 2 aromatic carbocycles. The maximum atomic E-state index is 13.1. The van der Waals surface area contributed by atoms with E-state index in [-0.39, 0.29) is 17.6 Å². The number of aromatic nitrogens is 2. The number of benzene rings is 2. The van der Waals surface area contributed by atoms with Crippen LogP contribution in [0.3, 0.4) is 0 Å². The van der Waals surface area contributed by atoms with Crippen molar-refractivity contribution < 1.29 is 9.18 Å². The zero-order valence-electron chi connectivity index (χ0n) is 14.5. The molecule has 25 heavy (non-hydrogen) atoms. The van der Waals surface area contributed by atoms with Gasteiger partial charge < -0.3 is 5.32 Å². The minimum Gasteiger partial charge on any atom is -0.352 e. The maximum Gasteiger partial charge on any atom is 0.223 e. The summed E-state index contributed by atoms with van der Waals surface area (Å²) >= 11 is 0. The normalized spacial score (nSPS) is 12.3. The molecule has 4 nitrogen and oxygen atoms in total. The van der Waals surface area contributed by atoms with Gasteiger partial charge in [-0.15, -0.1) is 0 Å². The predicted octanol–water partition coefficient (Wildman–Crippen LogP) is 4.22. The molecule has 0 radical (unpaired) electrons. The molecule has 0 aliphatic carbocycles. The number of rotatable bonds is 6. The highest BCUT2D eigenvalue weighted by atomic mass is 19.1. The Balaban J connectivity index is 1.76. The highest BCUT2D eigenvalue weighted by Crippen LogP contribution is 2.20. The van der Waals surface area contributed by atoms with E-state index in [9.17, 15) is 9.18 Å². The van der Waals surface area contributed by atoms with Gasteiger partial charge in [-0.1, -0.05) is 26.3 Å². The molecular formula is C20H22FN3O. The number of amides is 1. The average molecular weight is 339 g/mol. The lowest BCUT2D eigenvalue weighted by Crippen LogP contribution is -2.28. The van der Waals surface area contributed by atoms with Crippen molar-refractivity contribution in [2.24, 2.45) is 5.92 Å². The fraction of sp³-hybridized carbons (Fsp3) is 0.300. The highest BCUT2D eigenvalue weighted by Gasteiger charge is 2.11. The van der Waals surface area contributed by atoms with Crippen LogP contribution in [0.4, 0.5) is 4.39 Å². The lowest BCUT2D eigenvalue weighted by Gasteiger charge is -2.11. The van der Waals surface area contributed by atoms with E-state index >= 15 is 0 Å². The second-order valence-corrected chi connectivity index (χ2v) is 6.33. The number of hydrogen-bond donors (Lipinski definition) is 1. The molecule has 1 aromatic heterocycles. The highest BCUT2D eigenvalue weighted by molar-refractivity contribution is 5.81. The maximum absolute atomic E-state index is 13.1. The van der Waals surface area contributed by atoms with Crippen molar-refractivity contribution >= 4 is 16.8 Å². The number of carbonyl (C=O) groups excluding carboxylic acids is 1. The number of carbonyl (C=O) groups is 1. The van der Waals surface area contributed by atoms with Crippen LogP contribution in [0.1, 0.15) is 32.3 Å². The summed E-state index contributed by atoms with van der Waals surface area (Å²) < 4.78 is 14.9. The van der Waals surface area contributed by atoms with Crippen LogP contribution in [0, 0.1) is 11.7 Å². The molecule has 0 fully saturated rings. The smallest absolute Gasteiger partial charge is 0.223 e. The zero-order chi connectivity index (χ0) is 17.8. The van der Waals surface area contributed by atoms with Crippen molar-refractivity contribution in [3.63, 3.8) is 0 Å². The lowest BCUT2D eigenvalue weighted by molar-refractivity contribution is -0.124. The van der Waals surface area contributed by atoms with Crippen LogP contribution in [0.5, 0.6) is 0 Å². The van der Waals surface area contributed by atoms with E-state index in [0.29, 0.717) is 6.54 Å². The molecule has 1 atom stereocenters. The molecule has 0 saturated carbocycles. The number of hydrogen-bond acceptors (Lipinski definition) is 2. The molecular weight excluding hydrogens is 317 g/mol. The largest absolute Gasteiger partial charge is 0.352 e. The summed E-state index contributed by atoms with van der Waals surface area (Å²) in [6, 6.07) is 12.2. The number of nitrogens with zero attached hydrogens (tertiary/aromatic N) is 2. The van der Waals surface area contributed by atoms with Crippen LogP contribution in [0.15, 0.2) is 48.7 Å². The topological polar surface area (TPSA) is 46.9 Å². The molecule has 0 spiro atoms. The fourth-order valence-corrected chi connectivity index (χ4v) is 2.91. The molecule has 1 N–H and O–H groups in total. The first-order valence-corrected chi connectivity index (χ1v) is 8.59. The van der Waals surface area contributed by atoms with E-state index in [1.54, 1.807) is 23.0 Å². The van der Waals surface area contributed by atoms with Crippen molar-refractivity contribution in [1.82, 2.24) is 15.1 Å². The fourth-order valence-electron chi connectivity index (χ4n) is 2.91. The van der Waals surface area contributed by atoms with Crippen molar-refractivity contribution in [3.05, 3.63) is 60.0 Å². The van der Waals surface area contributed by atoms with Crippen LogP contribution >= 0.6 is 0 Å². The summed E-state index contributed by atoms with van der Waals surface area (Å²) in [6.07, 6.45) is 3.68. The summed E-state index contributed by atoms with van der Waals surface area (Å²) in [4.78, 5) is 12.0. The first kappa shape index (κ1) is 17.1. The van der Waals surface area contributed by atoms with Gasteiger partial charge in [0.15, 0.2) is 0 Å². The molecule has 1 heterocycles. The van der Waals surface area contributed by atoms with E-state index < -0.39 is 0 Å². The molecule has 3 aromatic rings. The Morgan fingerprint density at radius 3 is 2.72 bits per heavy atom. The molecule has 0 bridgehead atoms. The van der Waals surface area contributed by atoms with Gasteiger partial charge in [-0.3, -0.25) is 4.79 Å². The Labute approximate surface area is 146 Å². The van der Waals surface area contributed by atoms with Gasteiger partial charge in [0, 0.05) is 17.8 Å². The van der Waals surface area contributed by atoms with E-state index in [2.05, 4.69) is 17.3 Å². The Hall–Kier alpha value is -2.69. The minimum atomic E-state index is -0.268. The van der Waals surface area contributed by atoms with Gasteiger partial charge in [0.05, 0.1) is 17.4 Å². The monoisotopic (exact) mass is 339 g/mol. The van der Waals surface area contributed by atoms with Crippen LogP contribution in [0.2, 0.25) is 0 Å². The molecule has 0 saturated heterocycles.